The molecule has 2 rings (SSSR count). The average Bonchev–Trinajstić information content (AvgIpc) is 2.61. The third kappa shape index (κ3) is 3.29. The van der Waals surface area contributed by atoms with Crippen LogP contribution in [0.4, 0.5) is 0 Å². The Morgan fingerprint density at radius 3 is 2.63 bits per heavy atom. The van der Waals surface area contributed by atoms with Crippen molar-refractivity contribution in [3.8, 4) is 0 Å². The Morgan fingerprint density at radius 2 is 2.05 bits per heavy atom. The van der Waals surface area contributed by atoms with E-state index in [4.69, 9.17) is 5.73 Å². The number of aliphatic carboxylic acids is 1. The van der Waals surface area contributed by atoms with Gasteiger partial charge in [0.25, 0.3) is 0 Å². The summed E-state index contributed by atoms with van der Waals surface area (Å²) < 4.78 is 0. The normalized spacial score (nSPS) is 37.5. The topological polar surface area (TPSA) is 66.6 Å². The number of carboxylic acids is 1. The number of nitrogens with zero attached hydrogens (tertiary/aromatic N) is 1. The molecule has 2 aliphatic rings. The van der Waals surface area contributed by atoms with Gasteiger partial charge in [0, 0.05) is 19.1 Å². The monoisotopic (exact) mass is 268 g/mol. The summed E-state index contributed by atoms with van der Waals surface area (Å²) in [5, 5.41) is 9.21. The molecule has 3 atom stereocenters. The fraction of sp³-hybridized carbons (Fsp3) is 0.933. The lowest BCUT2D eigenvalue weighted by molar-refractivity contribution is -0.142. The predicted octanol–water partition coefficient (Wildman–Crippen LogP) is 2.08. The third-order valence-corrected chi connectivity index (χ3v) is 5.20. The molecule has 3 unspecified atom stereocenters. The van der Waals surface area contributed by atoms with Crippen molar-refractivity contribution in [2.24, 2.45) is 17.6 Å². The number of carbonyl (C=O) groups is 1. The van der Waals surface area contributed by atoms with Crippen LogP contribution in [0.15, 0.2) is 0 Å². The van der Waals surface area contributed by atoms with Gasteiger partial charge in [-0.25, -0.2) is 0 Å². The van der Waals surface area contributed by atoms with Crippen LogP contribution in [0.5, 0.6) is 0 Å². The summed E-state index contributed by atoms with van der Waals surface area (Å²) in [4.78, 5) is 13.5. The minimum Gasteiger partial charge on any atom is -0.480 e. The Balaban J connectivity index is 1.92. The molecule has 0 radical (unpaired) electrons. The summed E-state index contributed by atoms with van der Waals surface area (Å²) in [5.74, 6) is 0.767. The number of hydrogen-bond donors (Lipinski definition) is 2. The molecule has 19 heavy (non-hydrogen) atoms. The van der Waals surface area contributed by atoms with Crippen LogP contribution in [0, 0.1) is 11.8 Å². The Bertz CT molecular complexity index is 332. The van der Waals surface area contributed by atoms with E-state index < -0.39 is 11.5 Å². The fourth-order valence-electron chi connectivity index (χ4n) is 3.69. The standard InChI is InChI=1S/C15H28N2O2/c1-11(2)12-4-3-5-13(7-6-12)17-9-8-15(16,10-17)14(18)19/h11-13H,3-10,16H2,1-2H3,(H,18,19). The van der Waals surface area contributed by atoms with Gasteiger partial charge in [-0.3, -0.25) is 9.69 Å². The molecule has 1 saturated heterocycles. The summed E-state index contributed by atoms with van der Waals surface area (Å²) in [6, 6.07) is 0.550. The molecule has 0 bridgehead atoms. The lowest BCUT2D eigenvalue weighted by Crippen LogP contribution is -2.51. The van der Waals surface area contributed by atoms with E-state index in [1.54, 1.807) is 0 Å². The highest BCUT2D eigenvalue weighted by molar-refractivity contribution is 5.79. The Hall–Kier alpha value is -0.610. The van der Waals surface area contributed by atoms with Crippen LogP contribution >= 0.6 is 0 Å². The van der Waals surface area contributed by atoms with Crippen LogP contribution in [0.1, 0.15) is 52.4 Å². The maximum atomic E-state index is 11.2. The molecule has 0 aromatic heterocycles. The van der Waals surface area contributed by atoms with Crippen molar-refractivity contribution in [3.05, 3.63) is 0 Å². The Morgan fingerprint density at radius 1 is 1.32 bits per heavy atom. The van der Waals surface area contributed by atoms with Gasteiger partial charge >= 0.3 is 5.97 Å². The fourth-order valence-corrected chi connectivity index (χ4v) is 3.69. The van der Waals surface area contributed by atoms with E-state index >= 15 is 0 Å². The van der Waals surface area contributed by atoms with E-state index in [2.05, 4.69) is 18.7 Å². The molecule has 3 N–H and O–H groups in total. The molecule has 0 aromatic carbocycles. The number of nitrogens with two attached hydrogens (primary N) is 1. The number of rotatable bonds is 3. The van der Waals surface area contributed by atoms with Crippen LogP contribution < -0.4 is 5.73 Å². The second-order valence-corrected chi connectivity index (χ2v) is 6.85. The smallest absolute Gasteiger partial charge is 0.325 e. The first-order valence-electron chi connectivity index (χ1n) is 7.69. The van der Waals surface area contributed by atoms with Crippen molar-refractivity contribution in [3.63, 3.8) is 0 Å². The predicted molar refractivity (Wildman–Crippen MR) is 75.9 cm³/mol. The molecular formula is C15H28N2O2. The summed E-state index contributed by atoms with van der Waals surface area (Å²) in [6.07, 6.45) is 6.89. The van der Waals surface area contributed by atoms with Gasteiger partial charge in [0.1, 0.15) is 5.54 Å². The maximum Gasteiger partial charge on any atom is 0.325 e. The van der Waals surface area contributed by atoms with Crippen molar-refractivity contribution in [2.75, 3.05) is 13.1 Å². The highest BCUT2D eigenvalue weighted by Gasteiger charge is 2.43. The zero-order chi connectivity index (χ0) is 14.0. The van der Waals surface area contributed by atoms with Crippen LogP contribution in [0.25, 0.3) is 0 Å². The second-order valence-electron chi connectivity index (χ2n) is 6.85. The summed E-state index contributed by atoms with van der Waals surface area (Å²) in [6.45, 7) is 6.01. The Labute approximate surface area is 116 Å². The van der Waals surface area contributed by atoms with E-state index in [0.29, 0.717) is 19.0 Å². The third-order valence-electron chi connectivity index (χ3n) is 5.20. The van der Waals surface area contributed by atoms with Gasteiger partial charge in [-0.05, 0) is 37.5 Å². The van der Waals surface area contributed by atoms with Crippen LogP contribution in [-0.4, -0.2) is 40.6 Å². The van der Waals surface area contributed by atoms with E-state index in [1.165, 1.54) is 32.1 Å². The minimum absolute atomic E-state index is 0.527. The van der Waals surface area contributed by atoms with E-state index in [-0.39, 0.29) is 0 Å². The van der Waals surface area contributed by atoms with Crippen molar-refractivity contribution < 1.29 is 9.90 Å². The molecule has 1 aliphatic carbocycles. The quantitative estimate of drug-likeness (QED) is 0.769. The van der Waals surface area contributed by atoms with Crippen LogP contribution in [0.3, 0.4) is 0 Å². The summed E-state index contributed by atoms with van der Waals surface area (Å²) in [7, 11) is 0. The van der Waals surface area contributed by atoms with Crippen LogP contribution in [-0.2, 0) is 4.79 Å². The number of hydrogen-bond acceptors (Lipinski definition) is 3. The van der Waals surface area contributed by atoms with Crippen LogP contribution in [0.2, 0.25) is 0 Å². The SMILES string of the molecule is CC(C)C1CCCC(N2CCC(N)(C(=O)O)C2)CC1. The molecule has 1 saturated carbocycles. The lowest BCUT2D eigenvalue weighted by Gasteiger charge is -2.28. The maximum absolute atomic E-state index is 11.2. The number of likely N-dealkylation sites (tertiary alicyclic amines) is 1. The molecule has 0 amide bonds. The minimum atomic E-state index is -1.01. The van der Waals surface area contributed by atoms with Gasteiger partial charge in [0.15, 0.2) is 0 Å². The second kappa shape index (κ2) is 5.80. The van der Waals surface area contributed by atoms with Gasteiger partial charge in [0.2, 0.25) is 0 Å². The largest absolute Gasteiger partial charge is 0.480 e. The first-order chi connectivity index (χ1) is 8.92. The molecule has 4 heteroatoms. The van der Waals surface area contributed by atoms with Gasteiger partial charge < -0.3 is 10.8 Å². The first kappa shape index (κ1) is 14.8. The zero-order valence-corrected chi connectivity index (χ0v) is 12.3. The van der Waals surface area contributed by atoms with Crippen molar-refractivity contribution >= 4 is 5.97 Å². The van der Waals surface area contributed by atoms with Gasteiger partial charge in [-0.2, -0.15) is 0 Å². The van der Waals surface area contributed by atoms with Crippen molar-refractivity contribution in [1.29, 1.82) is 0 Å². The molecule has 0 aromatic rings. The van der Waals surface area contributed by atoms with Crippen molar-refractivity contribution in [2.45, 2.75) is 64.0 Å². The van der Waals surface area contributed by atoms with E-state index in [9.17, 15) is 9.90 Å². The van der Waals surface area contributed by atoms with Crippen molar-refractivity contribution in [1.82, 2.24) is 4.90 Å². The van der Waals surface area contributed by atoms with Gasteiger partial charge in [0.05, 0.1) is 0 Å². The summed E-state index contributed by atoms with van der Waals surface area (Å²) in [5.41, 5.74) is 4.96. The highest BCUT2D eigenvalue weighted by atomic mass is 16.4. The lowest BCUT2D eigenvalue weighted by atomic mass is 9.89. The Kier molecular flexibility index (Phi) is 4.51. The first-order valence-corrected chi connectivity index (χ1v) is 7.69. The molecule has 0 spiro atoms. The molecule has 4 nitrogen and oxygen atoms in total. The van der Waals surface area contributed by atoms with E-state index in [1.807, 2.05) is 0 Å². The number of carboxylic acid groups (broad SMARTS) is 1. The average molecular weight is 268 g/mol. The molecule has 1 heterocycles. The van der Waals surface area contributed by atoms with Gasteiger partial charge in [-0.1, -0.05) is 26.7 Å². The zero-order valence-electron chi connectivity index (χ0n) is 12.3. The summed E-state index contributed by atoms with van der Waals surface area (Å²) >= 11 is 0. The molecular weight excluding hydrogens is 240 g/mol. The molecule has 2 fully saturated rings. The highest BCUT2D eigenvalue weighted by Crippen LogP contribution is 2.33. The molecule has 110 valence electrons. The van der Waals surface area contributed by atoms with E-state index in [0.717, 1.165) is 18.4 Å². The van der Waals surface area contributed by atoms with Gasteiger partial charge in [-0.15, -0.1) is 0 Å². The molecule has 1 aliphatic heterocycles.